The molecule has 0 fully saturated rings. The van der Waals surface area contributed by atoms with Gasteiger partial charge in [0.05, 0.1) is 7.11 Å². The van der Waals surface area contributed by atoms with Gasteiger partial charge in [-0.1, -0.05) is 13.3 Å². The average Bonchev–Trinajstić information content (AvgIpc) is 2.57. The van der Waals surface area contributed by atoms with Crippen LogP contribution < -0.4 is 15.4 Å². The first kappa shape index (κ1) is 18.2. The first-order valence-electron chi connectivity index (χ1n) is 7.81. The Morgan fingerprint density at radius 3 is 2.82 bits per heavy atom. The molecular formula is C16H28N4O2. The summed E-state index contributed by atoms with van der Waals surface area (Å²) in [6, 6.07) is 3.85. The van der Waals surface area contributed by atoms with E-state index in [0.717, 1.165) is 44.1 Å². The second kappa shape index (κ2) is 11.8. The molecule has 0 saturated carbocycles. The molecule has 0 bridgehead atoms. The molecule has 0 aliphatic carbocycles. The van der Waals surface area contributed by atoms with Crippen LogP contribution >= 0.6 is 0 Å². The minimum absolute atomic E-state index is 0.617. The van der Waals surface area contributed by atoms with Gasteiger partial charge in [0.15, 0.2) is 5.96 Å². The van der Waals surface area contributed by atoms with Gasteiger partial charge in [-0.05, 0) is 24.5 Å². The monoisotopic (exact) mass is 308 g/mol. The minimum atomic E-state index is 0.617. The number of unbranched alkanes of at least 4 members (excludes halogenated alkanes) is 1. The average molecular weight is 308 g/mol. The smallest absolute Gasteiger partial charge is 0.213 e. The fourth-order valence-electron chi connectivity index (χ4n) is 1.81. The molecule has 0 radical (unpaired) electrons. The summed E-state index contributed by atoms with van der Waals surface area (Å²) in [5.74, 6) is 1.40. The van der Waals surface area contributed by atoms with Crippen LogP contribution in [0.5, 0.6) is 5.88 Å². The zero-order chi connectivity index (χ0) is 16.0. The number of pyridine rings is 1. The number of nitrogens with one attached hydrogen (secondary N) is 2. The summed E-state index contributed by atoms with van der Waals surface area (Å²) < 4.78 is 10.6. The summed E-state index contributed by atoms with van der Waals surface area (Å²) in [7, 11) is 3.38. The van der Waals surface area contributed by atoms with Crippen molar-refractivity contribution in [3.63, 3.8) is 0 Å². The van der Waals surface area contributed by atoms with Crippen LogP contribution in [0.25, 0.3) is 0 Å². The van der Waals surface area contributed by atoms with Gasteiger partial charge in [0.2, 0.25) is 5.88 Å². The molecular weight excluding hydrogens is 280 g/mol. The van der Waals surface area contributed by atoms with Crippen molar-refractivity contribution in [3.05, 3.63) is 23.9 Å². The van der Waals surface area contributed by atoms with E-state index in [1.165, 1.54) is 6.42 Å². The molecule has 0 unspecified atom stereocenters. The molecule has 1 rings (SSSR count). The molecule has 6 heteroatoms. The molecule has 22 heavy (non-hydrogen) atoms. The second-order valence-electron chi connectivity index (χ2n) is 4.88. The van der Waals surface area contributed by atoms with Crippen LogP contribution in [0.3, 0.4) is 0 Å². The minimum Gasteiger partial charge on any atom is -0.481 e. The van der Waals surface area contributed by atoms with Crippen LogP contribution in [0.4, 0.5) is 0 Å². The number of hydrogen-bond donors (Lipinski definition) is 2. The van der Waals surface area contributed by atoms with Crippen LogP contribution in [0.15, 0.2) is 23.3 Å². The Morgan fingerprint density at radius 2 is 2.09 bits per heavy atom. The highest BCUT2D eigenvalue weighted by Crippen LogP contribution is 2.07. The number of rotatable bonds is 10. The molecule has 0 aliphatic heterocycles. The van der Waals surface area contributed by atoms with E-state index in [4.69, 9.17) is 9.47 Å². The molecule has 2 N–H and O–H groups in total. The van der Waals surface area contributed by atoms with Crippen LogP contribution in [0, 0.1) is 0 Å². The van der Waals surface area contributed by atoms with Crippen molar-refractivity contribution in [2.75, 3.05) is 33.9 Å². The summed E-state index contributed by atoms with van der Waals surface area (Å²) in [5.41, 5.74) is 1.10. The van der Waals surface area contributed by atoms with Crippen molar-refractivity contribution in [2.24, 2.45) is 4.99 Å². The van der Waals surface area contributed by atoms with Gasteiger partial charge in [-0.25, -0.2) is 4.98 Å². The zero-order valence-corrected chi connectivity index (χ0v) is 13.9. The summed E-state index contributed by atoms with van der Waals surface area (Å²) >= 11 is 0. The lowest BCUT2D eigenvalue weighted by molar-refractivity contribution is 0.129. The highest BCUT2D eigenvalue weighted by Gasteiger charge is 2.00. The van der Waals surface area contributed by atoms with Crippen molar-refractivity contribution in [1.82, 2.24) is 15.6 Å². The number of hydrogen-bond acceptors (Lipinski definition) is 4. The predicted octanol–water partition coefficient (Wildman–Crippen LogP) is 1.96. The van der Waals surface area contributed by atoms with E-state index in [0.29, 0.717) is 12.4 Å². The highest BCUT2D eigenvalue weighted by atomic mass is 16.5. The fourth-order valence-corrected chi connectivity index (χ4v) is 1.81. The van der Waals surface area contributed by atoms with Gasteiger partial charge < -0.3 is 20.1 Å². The lowest BCUT2D eigenvalue weighted by Crippen LogP contribution is -2.37. The first-order valence-corrected chi connectivity index (χ1v) is 7.81. The van der Waals surface area contributed by atoms with Gasteiger partial charge >= 0.3 is 0 Å². The van der Waals surface area contributed by atoms with Crippen molar-refractivity contribution in [2.45, 2.75) is 32.7 Å². The number of aromatic nitrogens is 1. The second-order valence-corrected chi connectivity index (χ2v) is 4.88. The number of guanidine groups is 1. The molecule has 0 spiro atoms. The SMILES string of the molecule is CCCCOCCCNC(=NC)NCc1ccnc(OC)c1. The maximum atomic E-state index is 5.52. The molecule has 124 valence electrons. The largest absolute Gasteiger partial charge is 0.481 e. The fraction of sp³-hybridized carbons (Fsp3) is 0.625. The number of methoxy groups -OCH3 is 1. The Morgan fingerprint density at radius 1 is 1.27 bits per heavy atom. The summed E-state index contributed by atoms with van der Waals surface area (Å²) in [6.07, 6.45) is 5.01. The van der Waals surface area contributed by atoms with Gasteiger partial charge in [0, 0.05) is 45.6 Å². The van der Waals surface area contributed by atoms with Crippen LogP contribution in [0.1, 0.15) is 31.7 Å². The van der Waals surface area contributed by atoms with E-state index in [9.17, 15) is 0 Å². The normalized spacial score (nSPS) is 11.3. The Kier molecular flexibility index (Phi) is 9.78. The van der Waals surface area contributed by atoms with Crippen LogP contribution in [-0.4, -0.2) is 44.9 Å². The quantitative estimate of drug-likeness (QED) is 0.393. The Bertz CT molecular complexity index is 438. The van der Waals surface area contributed by atoms with Crippen molar-refractivity contribution < 1.29 is 9.47 Å². The van der Waals surface area contributed by atoms with Gasteiger partial charge in [0.1, 0.15) is 0 Å². The van der Waals surface area contributed by atoms with E-state index in [2.05, 4.69) is 27.5 Å². The summed E-state index contributed by atoms with van der Waals surface area (Å²) in [5, 5.41) is 6.53. The van der Waals surface area contributed by atoms with E-state index in [1.54, 1.807) is 20.4 Å². The van der Waals surface area contributed by atoms with E-state index >= 15 is 0 Å². The maximum absolute atomic E-state index is 5.52. The molecule has 1 aromatic heterocycles. The molecule has 1 aromatic rings. The Balaban J connectivity index is 2.19. The van der Waals surface area contributed by atoms with Gasteiger partial charge in [-0.15, -0.1) is 0 Å². The van der Waals surface area contributed by atoms with Crippen molar-refractivity contribution in [1.29, 1.82) is 0 Å². The first-order chi connectivity index (χ1) is 10.8. The summed E-state index contributed by atoms with van der Waals surface area (Å²) in [6.45, 7) is 5.31. The van der Waals surface area contributed by atoms with Gasteiger partial charge in [-0.3, -0.25) is 4.99 Å². The standard InChI is InChI=1S/C16H28N4O2/c1-4-5-10-22-11-6-8-19-16(17-2)20-13-14-7-9-18-15(12-14)21-3/h7,9,12H,4-6,8,10-11,13H2,1-3H3,(H2,17,19,20). The number of aliphatic imine (C=N–C) groups is 1. The topological polar surface area (TPSA) is 67.8 Å². The molecule has 0 saturated heterocycles. The van der Waals surface area contributed by atoms with E-state index in [1.807, 2.05) is 12.1 Å². The molecule has 6 nitrogen and oxygen atoms in total. The summed E-state index contributed by atoms with van der Waals surface area (Å²) in [4.78, 5) is 8.29. The predicted molar refractivity (Wildman–Crippen MR) is 89.3 cm³/mol. The van der Waals surface area contributed by atoms with Crippen LogP contribution in [0.2, 0.25) is 0 Å². The number of ether oxygens (including phenoxy) is 2. The molecule has 0 amide bonds. The molecule has 1 heterocycles. The third-order valence-corrected chi connectivity index (χ3v) is 3.09. The zero-order valence-electron chi connectivity index (χ0n) is 13.9. The van der Waals surface area contributed by atoms with E-state index in [-0.39, 0.29) is 0 Å². The highest BCUT2D eigenvalue weighted by molar-refractivity contribution is 5.79. The number of nitrogens with zero attached hydrogens (tertiary/aromatic N) is 2. The molecule has 0 aromatic carbocycles. The van der Waals surface area contributed by atoms with Crippen molar-refractivity contribution in [3.8, 4) is 5.88 Å². The Hall–Kier alpha value is -1.82. The molecule has 0 aliphatic rings. The third-order valence-electron chi connectivity index (χ3n) is 3.09. The van der Waals surface area contributed by atoms with Gasteiger partial charge in [0.25, 0.3) is 0 Å². The van der Waals surface area contributed by atoms with Crippen LogP contribution in [-0.2, 0) is 11.3 Å². The molecule has 0 atom stereocenters. The van der Waals surface area contributed by atoms with E-state index < -0.39 is 0 Å². The van der Waals surface area contributed by atoms with Crippen molar-refractivity contribution >= 4 is 5.96 Å². The Labute approximate surface area is 133 Å². The lowest BCUT2D eigenvalue weighted by Gasteiger charge is -2.12. The maximum Gasteiger partial charge on any atom is 0.213 e. The van der Waals surface area contributed by atoms with Gasteiger partial charge in [-0.2, -0.15) is 0 Å². The lowest BCUT2D eigenvalue weighted by atomic mass is 10.2. The third kappa shape index (κ3) is 7.83.